The monoisotopic (exact) mass is 375 g/mol. The van der Waals surface area contributed by atoms with Crippen LogP contribution in [0.2, 0.25) is 0 Å². The molecule has 1 N–H and O–H groups in total. The van der Waals surface area contributed by atoms with Crippen molar-refractivity contribution in [3.05, 3.63) is 89.0 Å². The number of nitrogens with one attached hydrogen (secondary N) is 1. The molecule has 1 unspecified atom stereocenters. The van der Waals surface area contributed by atoms with Crippen LogP contribution in [0.4, 0.5) is 0 Å². The van der Waals surface area contributed by atoms with Gasteiger partial charge in [-0.15, -0.1) is 0 Å². The lowest BCUT2D eigenvalue weighted by atomic mass is 9.89. The van der Waals surface area contributed by atoms with Crippen LogP contribution in [0.15, 0.2) is 66.7 Å². The highest BCUT2D eigenvalue weighted by Gasteiger charge is 2.23. The van der Waals surface area contributed by atoms with Crippen molar-refractivity contribution >= 4 is 0 Å². The lowest BCUT2D eigenvalue weighted by Gasteiger charge is -2.28. The highest BCUT2D eigenvalue weighted by Crippen LogP contribution is 2.35. The summed E-state index contributed by atoms with van der Waals surface area (Å²) < 4.78 is 16.9. The molecule has 0 saturated carbocycles. The Labute approximate surface area is 166 Å². The largest absolute Gasteiger partial charge is 0.493 e. The molecule has 3 aromatic carbocycles. The number of hydrogen-bond acceptors (Lipinski definition) is 4. The second-order valence-electron chi connectivity index (χ2n) is 6.89. The molecule has 1 heterocycles. The van der Waals surface area contributed by atoms with Crippen LogP contribution in [-0.2, 0) is 13.0 Å². The predicted octanol–water partition coefficient (Wildman–Crippen LogP) is 4.52. The molecule has 28 heavy (non-hydrogen) atoms. The van der Waals surface area contributed by atoms with E-state index in [-0.39, 0.29) is 6.04 Å². The lowest BCUT2D eigenvalue weighted by molar-refractivity contribution is 0.305. The Morgan fingerprint density at radius 1 is 0.893 bits per heavy atom. The molecule has 0 bridgehead atoms. The zero-order chi connectivity index (χ0) is 19.3. The van der Waals surface area contributed by atoms with Crippen LogP contribution < -0.4 is 19.5 Å². The van der Waals surface area contributed by atoms with Crippen molar-refractivity contribution in [1.82, 2.24) is 5.32 Å². The van der Waals surface area contributed by atoms with Crippen molar-refractivity contribution in [3.8, 4) is 17.2 Å². The first-order chi connectivity index (χ1) is 13.8. The molecule has 3 aromatic rings. The first kappa shape index (κ1) is 18.4. The molecule has 0 fully saturated rings. The quantitative estimate of drug-likeness (QED) is 0.688. The van der Waals surface area contributed by atoms with Gasteiger partial charge in [0.05, 0.1) is 20.3 Å². The van der Waals surface area contributed by atoms with E-state index in [0.717, 1.165) is 35.8 Å². The summed E-state index contributed by atoms with van der Waals surface area (Å²) in [5.74, 6) is 2.40. The van der Waals surface area contributed by atoms with Crippen LogP contribution >= 0.6 is 0 Å². The summed E-state index contributed by atoms with van der Waals surface area (Å²) in [6, 6.07) is 22.9. The van der Waals surface area contributed by atoms with Crippen molar-refractivity contribution in [2.75, 3.05) is 20.8 Å². The zero-order valence-corrected chi connectivity index (χ0v) is 16.3. The third-order valence-corrected chi connectivity index (χ3v) is 5.16. The Morgan fingerprint density at radius 3 is 2.50 bits per heavy atom. The summed E-state index contributed by atoms with van der Waals surface area (Å²) in [7, 11) is 3.32. The van der Waals surface area contributed by atoms with Gasteiger partial charge in [-0.2, -0.15) is 0 Å². The molecule has 1 aliphatic heterocycles. The Hall–Kier alpha value is -2.98. The predicted molar refractivity (Wildman–Crippen MR) is 110 cm³/mol. The summed E-state index contributed by atoms with van der Waals surface area (Å²) in [4.78, 5) is 0. The molecule has 4 nitrogen and oxygen atoms in total. The van der Waals surface area contributed by atoms with Gasteiger partial charge in [0.15, 0.2) is 11.5 Å². The van der Waals surface area contributed by atoms with Crippen molar-refractivity contribution in [3.63, 3.8) is 0 Å². The van der Waals surface area contributed by atoms with E-state index in [9.17, 15) is 0 Å². The molecule has 0 saturated heterocycles. The summed E-state index contributed by atoms with van der Waals surface area (Å²) in [6.07, 6.45) is 0.988. The van der Waals surface area contributed by atoms with Crippen LogP contribution in [0.1, 0.15) is 28.3 Å². The highest BCUT2D eigenvalue weighted by atomic mass is 16.5. The Bertz CT molecular complexity index is 940. The normalized spacial score (nSPS) is 15.6. The molecular weight excluding hydrogens is 350 g/mol. The van der Waals surface area contributed by atoms with Gasteiger partial charge < -0.3 is 19.5 Å². The average molecular weight is 375 g/mol. The van der Waals surface area contributed by atoms with Gasteiger partial charge in [0.2, 0.25) is 0 Å². The maximum atomic E-state index is 6.01. The van der Waals surface area contributed by atoms with Crippen LogP contribution in [0, 0.1) is 0 Å². The summed E-state index contributed by atoms with van der Waals surface area (Å²) >= 11 is 0. The van der Waals surface area contributed by atoms with E-state index < -0.39 is 0 Å². The first-order valence-corrected chi connectivity index (χ1v) is 9.53. The van der Waals surface area contributed by atoms with E-state index in [2.05, 4.69) is 41.7 Å². The van der Waals surface area contributed by atoms with Gasteiger partial charge in [-0.1, -0.05) is 42.5 Å². The van der Waals surface area contributed by atoms with Gasteiger partial charge in [0.25, 0.3) is 0 Å². The molecule has 0 aliphatic carbocycles. The number of fused-ring (bicyclic) bond motifs is 1. The minimum atomic E-state index is 0.131. The molecule has 144 valence electrons. The van der Waals surface area contributed by atoms with Crippen LogP contribution in [0.25, 0.3) is 0 Å². The van der Waals surface area contributed by atoms with E-state index in [4.69, 9.17) is 14.2 Å². The minimum Gasteiger partial charge on any atom is -0.493 e. The number of methoxy groups -OCH3 is 2. The third kappa shape index (κ3) is 3.82. The first-order valence-electron chi connectivity index (χ1n) is 9.53. The van der Waals surface area contributed by atoms with Gasteiger partial charge in [-0.25, -0.2) is 0 Å². The van der Waals surface area contributed by atoms with E-state index in [0.29, 0.717) is 6.61 Å². The van der Waals surface area contributed by atoms with Crippen LogP contribution in [-0.4, -0.2) is 20.8 Å². The van der Waals surface area contributed by atoms with Gasteiger partial charge in [-0.3, -0.25) is 0 Å². The number of ether oxygens (including phenoxy) is 3. The number of hydrogen-bond donors (Lipinski definition) is 1. The number of benzene rings is 3. The smallest absolute Gasteiger partial charge is 0.161 e. The van der Waals surface area contributed by atoms with E-state index in [1.54, 1.807) is 14.2 Å². The van der Waals surface area contributed by atoms with Crippen LogP contribution in [0.3, 0.4) is 0 Å². The molecular formula is C24H25NO3. The maximum Gasteiger partial charge on any atom is 0.161 e. The van der Waals surface area contributed by atoms with Gasteiger partial charge in [0, 0.05) is 6.54 Å². The van der Waals surface area contributed by atoms with Gasteiger partial charge >= 0.3 is 0 Å². The van der Waals surface area contributed by atoms with Crippen molar-refractivity contribution in [2.45, 2.75) is 19.1 Å². The molecule has 1 atom stereocenters. The summed E-state index contributed by atoms with van der Waals surface area (Å²) in [6.45, 7) is 1.51. The summed E-state index contributed by atoms with van der Waals surface area (Å²) in [5.41, 5.74) is 4.94. The second-order valence-corrected chi connectivity index (χ2v) is 6.89. The fourth-order valence-corrected chi connectivity index (χ4v) is 3.70. The van der Waals surface area contributed by atoms with Gasteiger partial charge in [0.1, 0.15) is 12.4 Å². The van der Waals surface area contributed by atoms with Crippen molar-refractivity contribution in [1.29, 1.82) is 0 Å². The second kappa shape index (κ2) is 8.36. The maximum absolute atomic E-state index is 6.01. The third-order valence-electron chi connectivity index (χ3n) is 5.16. The molecule has 4 rings (SSSR count). The molecule has 1 aliphatic rings. The van der Waals surface area contributed by atoms with Crippen molar-refractivity contribution < 1.29 is 14.2 Å². The van der Waals surface area contributed by atoms with E-state index in [1.165, 1.54) is 16.7 Å². The van der Waals surface area contributed by atoms with Gasteiger partial charge in [-0.05, 0) is 52.9 Å². The molecule has 0 aromatic heterocycles. The zero-order valence-electron chi connectivity index (χ0n) is 16.3. The lowest BCUT2D eigenvalue weighted by Crippen LogP contribution is -2.30. The Balaban J connectivity index is 1.56. The molecule has 0 spiro atoms. The van der Waals surface area contributed by atoms with E-state index in [1.807, 2.05) is 30.3 Å². The van der Waals surface area contributed by atoms with Crippen molar-refractivity contribution in [2.24, 2.45) is 0 Å². The summed E-state index contributed by atoms with van der Waals surface area (Å²) in [5, 5.41) is 3.62. The van der Waals surface area contributed by atoms with Crippen LogP contribution in [0.5, 0.6) is 17.2 Å². The van der Waals surface area contributed by atoms with E-state index >= 15 is 0 Å². The minimum absolute atomic E-state index is 0.131. The molecule has 0 amide bonds. The Kier molecular flexibility index (Phi) is 5.49. The molecule has 4 heteroatoms. The Morgan fingerprint density at radius 2 is 1.71 bits per heavy atom. The fourth-order valence-electron chi connectivity index (χ4n) is 3.70. The standard InChI is InChI=1S/C24H25NO3/c1-26-22-11-8-19(15-23(22)27-2)24-21-10-9-20(14-18(21)12-13-25-24)28-16-17-6-4-3-5-7-17/h3-11,14-15,24-25H,12-13,16H2,1-2H3. The SMILES string of the molecule is COc1ccc(C2NCCc3cc(OCc4ccccc4)ccc32)cc1OC. The number of rotatable bonds is 6. The average Bonchev–Trinajstić information content (AvgIpc) is 2.77. The topological polar surface area (TPSA) is 39.7 Å². The fraction of sp³-hybridized carbons (Fsp3) is 0.250. The molecule has 0 radical (unpaired) electrons. The highest BCUT2D eigenvalue weighted by molar-refractivity contribution is 5.49.